The molecule has 0 aliphatic heterocycles. The summed E-state index contributed by atoms with van der Waals surface area (Å²) in [5.41, 5.74) is 2.66. The molecule has 1 aromatic carbocycles. The van der Waals surface area contributed by atoms with Gasteiger partial charge in [0, 0.05) is 18.0 Å². The van der Waals surface area contributed by atoms with E-state index in [0.717, 1.165) is 5.01 Å². The van der Waals surface area contributed by atoms with E-state index in [1.54, 1.807) is 6.20 Å². The molecule has 2 rings (SSSR count). The van der Waals surface area contributed by atoms with Gasteiger partial charge in [-0.1, -0.05) is 35.4 Å². The van der Waals surface area contributed by atoms with Crippen LogP contribution in [0.2, 0.25) is 0 Å². The van der Waals surface area contributed by atoms with Crippen LogP contribution < -0.4 is 0 Å². The maximum atomic E-state index is 10.1. The van der Waals surface area contributed by atoms with E-state index in [-0.39, 0.29) is 6.42 Å². The van der Waals surface area contributed by atoms with E-state index < -0.39 is 5.97 Å². The van der Waals surface area contributed by atoms with Gasteiger partial charge >= 0.3 is 5.97 Å². The van der Waals surface area contributed by atoms with E-state index in [1.807, 2.05) is 5.38 Å². The summed E-state index contributed by atoms with van der Waals surface area (Å²) in [6, 6.07) is 8.48. The summed E-state index contributed by atoms with van der Waals surface area (Å²) < 4.78 is 0. The number of hydrogen-bond acceptors (Lipinski definition) is 3. The first-order valence-electron chi connectivity index (χ1n) is 5.71. The fraction of sp³-hybridized carbons (Fsp3) is 0.286. The highest BCUT2D eigenvalue weighted by Gasteiger charge is 1.99. The quantitative estimate of drug-likeness (QED) is 0.922. The molecule has 0 aliphatic rings. The van der Waals surface area contributed by atoms with E-state index in [4.69, 9.17) is 5.11 Å². The Kier molecular flexibility index (Phi) is 6.08. The zero-order chi connectivity index (χ0) is 13.4. The molecule has 0 spiro atoms. The molecule has 1 aromatic heterocycles. The summed E-state index contributed by atoms with van der Waals surface area (Å²) in [5, 5.41) is 11.0. The number of thiazole rings is 1. The van der Waals surface area contributed by atoms with Crippen molar-refractivity contribution in [1.29, 1.82) is 0 Å². The lowest BCUT2D eigenvalue weighted by Crippen LogP contribution is -1.96. The van der Waals surface area contributed by atoms with Gasteiger partial charge in [-0.2, -0.15) is 0 Å². The Morgan fingerprint density at radius 1 is 1.22 bits per heavy atom. The van der Waals surface area contributed by atoms with Crippen LogP contribution in [0.4, 0.5) is 0 Å². The van der Waals surface area contributed by atoms with Gasteiger partial charge in [-0.05, 0) is 13.8 Å². The lowest BCUT2D eigenvalue weighted by atomic mass is 10.2. The molecule has 0 radical (unpaired) electrons. The Morgan fingerprint density at radius 2 is 1.78 bits per heavy atom. The van der Waals surface area contributed by atoms with Gasteiger partial charge in [-0.15, -0.1) is 11.3 Å². The minimum atomic E-state index is -0.768. The minimum Gasteiger partial charge on any atom is -0.481 e. The lowest BCUT2D eigenvalue weighted by molar-refractivity contribution is -0.136. The minimum absolute atomic E-state index is 0.174. The van der Waals surface area contributed by atoms with Gasteiger partial charge in [0.2, 0.25) is 0 Å². The Hall–Kier alpha value is -1.68. The summed E-state index contributed by atoms with van der Waals surface area (Å²) in [6.07, 6.45) is 2.41. The number of hydrogen-bond donors (Lipinski definition) is 1. The molecule has 0 saturated carbocycles. The Balaban J connectivity index is 0.000000184. The van der Waals surface area contributed by atoms with Gasteiger partial charge in [0.15, 0.2) is 0 Å². The number of nitrogens with zero attached hydrogens (tertiary/aromatic N) is 1. The summed E-state index contributed by atoms with van der Waals surface area (Å²) in [4.78, 5) is 14.0. The zero-order valence-corrected chi connectivity index (χ0v) is 11.4. The van der Waals surface area contributed by atoms with Crippen molar-refractivity contribution in [2.24, 2.45) is 0 Å². The normalized spacial score (nSPS) is 9.44. The zero-order valence-electron chi connectivity index (χ0n) is 10.6. The topological polar surface area (TPSA) is 50.2 Å². The van der Waals surface area contributed by atoms with Crippen LogP contribution in [-0.2, 0) is 11.2 Å². The van der Waals surface area contributed by atoms with E-state index in [2.05, 4.69) is 43.1 Å². The van der Waals surface area contributed by atoms with Crippen LogP contribution in [-0.4, -0.2) is 16.1 Å². The second kappa shape index (κ2) is 7.61. The molecule has 0 saturated heterocycles. The predicted molar refractivity (Wildman–Crippen MR) is 74.0 cm³/mol. The number of carbonyl (C=O) groups is 1. The summed E-state index contributed by atoms with van der Waals surface area (Å²) in [7, 11) is 0. The number of carboxylic acid groups (broad SMARTS) is 1. The third-order valence-electron chi connectivity index (χ3n) is 2.25. The molecule has 0 aliphatic carbocycles. The second-order valence-electron chi connectivity index (χ2n) is 3.97. The predicted octanol–water partition coefficient (Wildman–Crippen LogP) is 3.46. The summed E-state index contributed by atoms with van der Waals surface area (Å²) >= 11 is 1.49. The molecule has 3 nitrogen and oxygen atoms in total. The molecule has 18 heavy (non-hydrogen) atoms. The van der Waals surface area contributed by atoms with Gasteiger partial charge in [0.25, 0.3) is 0 Å². The Labute approximate surface area is 111 Å². The molecular weight excluding hydrogens is 246 g/mol. The van der Waals surface area contributed by atoms with E-state index in [1.165, 1.54) is 22.5 Å². The molecular formula is C14H17NO2S. The number of carboxylic acids is 1. The number of aryl methyl sites for hydroxylation is 3. The number of aromatic nitrogens is 1. The van der Waals surface area contributed by atoms with Crippen LogP contribution >= 0.6 is 11.3 Å². The molecule has 96 valence electrons. The molecule has 2 aromatic rings. The number of rotatable bonds is 3. The Bertz CT molecular complexity index is 442. The molecule has 0 fully saturated rings. The highest BCUT2D eigenvalue weighted by atomic mass is 32.1. The standard InChI is InChI=1S/C8H10.C6H7NO2S/c1-7-3-5-8(2)6-4-7;8-6(9)2-1-5-7-3-4-10-5/h3-6H,1-2H3;3-4H,1-2H2,(H,8,9). The molecule has 1 heterocycles. The van der Waals surface area contributed by atoms with Crippen molar-refractivity contribution < 1.29 is 9.90 Å². The monoisotopic (exact) mass is 263 g/mol. The lowest BCUT2D eigenvalue weighted by Gasteiger charge is -1.90. The highest BCUT2D eigenvalue weighted by Crippen LogP contribution is 2.06. The average molecular weight is 263 g/mol. The molecule has 0 bridgehead atoms. The SMILES string of the molecule is Cc1ccc(C)cc1.O=C(O)CCc1nccs1. The third-order valence-corrected chi connectivity index (χ3v) is 3.09. The van der Waals surface area contributed by atoms with Crippen molar-refractivity contribution in [3.8, 4) is 0 Å². The van der Waals surface area contributed by atoms with Gasteiger partial charge in [-0.25, -0.2) is 4.98 Å². The average Bonchev–Trinajstić information content (AvgIpc) is 2.84. The van der Waals surface area contributed by atoms with E-state index >= 15 is 0 Å². The first-order valence-corrected chi connectivity index (χ1v) is 6.59. The van der Waals surface area contributed by atoms with Gasteiger partial charge in [0.1, 0.15) is 0 Å². The van der Waals surface area contributed by atoms with Crippen LogP contribution in [0.25, 0.3) is 0 Å². The van der Waals surface area contributed by atoms with Crippen LogP contribution in [0.5, 0.6) is 0 Å². The van der Waals surface area contributed by atoms with Gasteiger partial charge in [0.05, 0.1) is 11.4 Å². The largest absolute Gasteiger partial charge is 0.481 e. The molecule has 4 heteroatoms. The maximum absolute atomic E-state index is 10.1. The maximum Gasteiger partial charge on any atom is 0.303 e. The van der Waals surface area contributed by atoms with Crippen LogP contribution in [0.3, 0.4) is 0 Å². The van der Waals surface area contributed by atoms with Crippen molar-refractivity contribution in [2.45, 2.75) is 26.7 Å². The van der Waals surface area contributed by atoms with Crippen LogP contribution in [0.1, 0.15) is 22.6 Å². The van der Waals surface area contributed by atoms with Crippen LogP contribution in [0, 0.1) is 13.8 Å². The van der Waals surface area contributed by atoms with Crippen molar-refractivity contribution in [2.75, 3.05) is 0 Å². The van der Waals surface area contributed by atoms with Crippen molar-refractivity contribution in [1.82, 2.24) is 4.98 Å². The van der Waals surface area contributed by atoms with E-state index in [9.17, 15) is 4.79 Å². The highest BCUT2D eigenvalue weighted by molar-refractivity contribution is 7.09. The number of benzene rings is 1. The fourth-order valence-corrected chi connectivity index (χ4v) is 1.85. The van der Waals surface area contributed by atoms with Crippen LogP contribution in [0.15, 0.2) is 35.8 Å². The van der Waals surface area contributed by atoms with Gasteiger partial charge in [-0.3, -0.25) is 4.79 Å². The molecule has 0 unspecified atom stereocenters. The van der Waals surface area contributed by atoms with E-state index in [0.29, 0.717) is 6.42 Å². The number of aliphatic carboxylic acids is 1. The fourth-order valence-electron chi connectivity index (χ4n) is 1.23. The molecule has 1 N–H and O–H groups in total. The van der Waals surface area contributed by atoms with Gasteiger partial charge < -0.3 is 5.11 Å². The third kappa shape index (κ3) is 6.15. The smallest absolute Gasteiger partial charge is 0.303 e. The van der Waals surface area contributed by atoms with Crippen molar-refractivity contribution in [3.63, 3.8) is 0 Å². The molecule has 0 amide bonds. The van der Waals surface area contributed by atoms with Crippen molar-refractivity contribution >= 4 is 17.3 Å². The Morgan fingerprint density at radius 3 is 2.17 bits per heavy atom. The second-order valence-corrected chi connectivity index (χ2v) is 4.95. The summed E-state index contributed by atoms with van der Waals surface area (Å²) in [6.45, 7) is 4.19. The summed E-state index contributed by atoms with van der Waals surface area (Å²) in [5.74, 6) is -0.768. The first kappa shape index (κ1) is 14.4. The first-order chi connectivity index (χ1) is 8.58. The molecule has 0 atom stereocenters. The van der Waals surface area contributed by atoms with Crippen molar-refractivity contribution in [3.05, 3.63) is 52.0 Å².